The molecule has 29 heavy (non-hydrogen) atoms. The van der Waals surface area contributed by atoms with Crippen molar-refractivity contribution in [1.82, 2.24) is 0 Å². The molecule has 0 saturated carbocycles. The van der Waals surface area contributed by atoms with Crippen molar-refractivity contribution in [3.63, 3.8) is 0 Å². The highest BCUT2D eigenvalue weighted by molar-refractivity contribution is 14.1. The van der Waals surface area contributed by atoms with E-state index in [1.165, 1.54) is 3.57 Å². The zero-order valence-electron chi connectivity index (χ0n) is 16.2. The Morgan fingerprint density at radius 3 is 2.14 bits per heavy atom. The van der Waals surface area contributed by atoms with E-state index < -0.39 is 6.10 Å². The minimum Gasteiger partial charge on any atom is -0.493 e. The standard InChI is InChI=1S/C23H23ClINO3/c1-28-22-12-5-16(13-23(22)29-2)21(27)14-20(15-3-6-17(24)7-4-15)26-19-10-8-18(25)9-11-19/h3-13,20-21,26-27H,14H2,1-2H3. The number of halogens is 2. The second kappa shape index (κ2) is 10.2. The lowest BCUT2D eigenvalue weighted by atomic mass is 9.96. The predicted octanol–water partition coefficient (Wildman–Crippen LogP) is 6.24. The van der Waals surface area contributed by atoms with Gasteiger partial charge in [-0.05, 0) is 82.2 Å². The number of anilines is 1. The lowest BCUT2D eigenvalue weighted by Crippen LogP contribution is -2.15. The van der Waals surface area contributed by atoms with Crippen LogP contribution in [0.25, 0.3) is 0 Å². The van der Waals surface area contributed by atoms with Crippen LogP contribution in [0.2, 0.25) is 5.02 Å². The van der Waals surface area contributed by atoms with Crippen molar-refractivity contribution < 1.29 is 14.6 Å². The average Bonchev–Trinajstić information content (AvgIpc) is 2.74. The largest absolute Gasteiger partial charge is 0.493 e. The minimum absolute atomic E-state index is 0.101. The molecule has 4 nitrogen and oxygen atoms in total. The Morgan fingerprint density at radius 2 is 1.52 bits per heavy atom. The van der Waals surface area contributed by atoms with Crippen LogP contribution in [0.5, 0.6) is 11.5 Å². The van der Waals surface area contributed by atoms with Crippen LogP contribution >= 0.6 is 34.2 Å². The van der Waals surface area contributed by atoms with Gasteiger partial charge in [0.1, 0.15) is 0 Å². The van der Waals surface area contributed by atoms with E-state index in [0.717, 1.165) is 16.8 Å². The Hall–Kier alpha value is -1.96. The van der Waals surface area contributed by atoms with Gasteiger partial charge in [0, 0.05) is 20.7 Å². The number of methoxy groups -OCH3 is 2. The highest BCUT2D eigenvalue weighted by atomic mass is 127. The van der Waals surface area contributed by atoms with E-state index in [0.29, 0.717) is 22.9 Å². The van der Waals surface area contributed by atoms with Crippen molar-refractivity contribution in [1.29, 1.82) is 0 Å². The molecule has 0 heterocycles. The van der Waals surface area contributed by atoms with E-state index >= 15 is 0 Å². The normalized spacial score (nSPS) is 12.9. The molecule has 2 unspecified atom stereocenters. The van der Waals surface area contributed by atoms with Crippen molar-refractivity contribution in [3.05, 3.63) is 86.4 Å². The van der Waals surface area contributed by atoms with Crippen LogP contribution < -0.4 is 14.8 Å². The first-order chi connectivity index (χ1) is 14.0. The highest BCUT2D eigenvalue weighted by Crippen LogP contribution is 2.34. The molecule has 152 valence electrons. The fourth-order valence-electron chi connectivity index (χ4n) is 3.14. The molecule has 0 fully saturated rings. The van der Waals surface area contributed by atoms with Crippen molar-refractivity contribution in [2.24, 2.45) is 0 Å². The van der Waals surface area contributed by atoms with Gasteiger partial charge in [-0.15, -0.1) is 0 Å². The van der Waals surface area contributed by atoms with Crippen molar-refractivity contribution >= 4 is 39.9 Å². The number of hydrogen-bond donors (Lipinski definition) is 2. The summed E-state index contributed by atoms with van der Waals surface area (Å²) in [5.74, 6) is 1.23. The summed E-state index contributed by atoms with van der Waals surface area (Å²) in [4.78, 5) is 0. The van der Waals surface area contributed by atoms with Crippen LogP contribution in [0.1, 0.15) is 29.7 Å². The fraction of sp³-hybridized carbons (Fsp3) is 0.217. The number of aliphatic hydroxyl groups excluding tert-OH is 1. The number of benzene rings is 3. The van der Waals surface area contributed by atoms with Crippen LogP contribution in [0.4, 0.5) is 5.69 Å². The van der Waals surface area contributed by atoms with Crippen molar-refractivity contribution in [3.8, 4) is 11.5 Å². The van der Waals surface area contributed by atoms with Gasteiger partial charge in [0.05, 0.1) is 26.4 Å². The first kappa shape index (κ1) is 21.7. The Bertz CT molecular complexity index is 932. The van der Waals surface area contributed by atoms with Gasteiger partial charge in [0.2, 0.25) is 0 Å². The van der Waals surface area contributed by atoms with Gasteiger partial charge < -0.3 is 19.9 Å². The summed E-state index contributed by atoms with van der Waals surface area (Å²) in [7, 11) is 3.18. The lowest BCUT2D eigenvalue weighted by Gasteiger charge is -2.24. The summed E-state index contributed by atoms with van der Waals surface area (Å²) in [6.45, 7) is 0. The van der Waals surface area contributed by atoms with Gasteiger partial charge in [-0.1, -0.05) is 29.8 Å². The number of rotatable bonds is 8. The summed E-state index contributed by atoms with van der Waals surface area (Å²) in [5, 5.41) is 15.2. The molecule has 3 aromatic carbocycles. The van der Waals surface area contributed by atoms with E-state index in [1.54, 1.807) is 20.3 Å². The van der Waals surface area contributed by atoms with Crippen molar-refractivity contribution in [2.45, 2.75) is 18.6 Å². The average molecular weight is 524 g/mol. The van der Waals surface area contributed by atoms with E-state index in [1.807, 2.05) is 60.7 Å². The quantitative estimate of drug-likeness (QED) is 0.343. The summed E-state index contributed by atoms with van der Waals surface area (Å²) < 4.78 is 11.8. The SMILES string of the molecule is COc1ccc(C(O)CC(Nc2ccc(I)cc2)c2ccc(Cl)cc2)cc1OC. The zero-order valence-corrected chi connectivity index (χ0v) is 19.1. The molecule has 0 spiro atoms. The smallest absolute Gasteiger partial charge is 0.161 e. The van der Waals surface area contributed by atoms with E-state index in [-0.39, 0.29) is 6.04 Å². The number of aliphatic hydroxyl groups is 1. The molecule has 2 N–H and O–H groups in total. The predicted molar refractivity (Wildman–Crippen MR) is 126 cm³/mol. The van der Waals surface area contributed by atoms with E-state index in [9.17, 15) is 5.11 Å². The molecule has 0 aliphatic heterocycles. The molecule has 3 aromatic rings. The van der Waals surface area contributed by atoms with Gasteiger partial charge in [0.15, 0.2) is 11.5 Å². The Balaban J connectivity index is 1.85. The topological polar surface area (TPSA) is 50.7 Å². The van der Waals surface area contributed by atoms with Gasteiger partial charge in [-0.25, -0.2) is 0 Å². The van der Waals surface area contributed by atoms with Crippen LogP contribution in [-0.2, 0) is 0 Å². The number of nitrogens with one attached hydrogen (secondary N) is 1. The molecule has 0 aliphatic carbocycles. The summed E-state index contributed by atoms with van der Waals surface area (Å²) in [5.41, 5.74) is 2.81. The minimum atomic E-state index is -0.688. The molecule has 0 bridgehead atoms. The number of hydrogen-bond acceptors (Lipinski definition) is 4. The summed E-state index contributed by atoms with van der Waals surface area (Å²) >= 11 is 8.34. The van der Waals surface area contributed by atoms with Gasteiger partial charge >= 0.3 is 0 Å². The third kappa shape index (κ3) is 5.78. The molecule has 6 heteroatoms. The molecule has 0 radical (unpaired) electrons. The van der Waals surface area contributed by atoms with Gasteiger partial charge in [0.25, 0.3) is 0 Å². The summed E-state index contributed by atoms with van der Waals surface area (Å²) in [6.07, 6.45) is -0.213. The first-order valence-corrected chi connectivity index (χ1v) is 10.6. The van der Waals surface area contributed by atoms with Gasteiger partial charge in [-0.2, -0.15) is 0 Å². The van der Waals surface area contributed by atoms with Crippen LogP contribution in [0.3, 0.4) is 0 Å². The third-order valence-electron chi connectivity index (χ3n) is 4.71. The van der Waals surface area contributed by atoms with E-state index in [2.05, 4.69) is 27.9 Å². The molecule has 0 aliphatic rings. The molecule has 0 amide bonds. The maximum atomic E-state index is 10.9. The first-order valence-electron chi connectivity index (χ1n) is 9.17. The highest BCUT2D eigenvalue weighted by Gasteiger charge is 2.19. The molecular weight excluding hydrogens is 501 g/mol. The molecule has 0 saturated heterocycles. The Kier molecular flexibility index (Phi) is 7.64. The lowest BCUT2D eigenvalue weighted by molar-refractivity contribution is 0.160. The van der Waals surface area contributed by atoms with Crippen LogP contribution in [-0.4, -0.2) is 19.3 Å². The second-order valence-corrected chi connectivity index (χ2v) is 8.30. The second-order valence-electron chi connectivity index (χ2n) is 6.62. The maximum absolute atomic E-state index is 10.9. The van der Waals surface area contributed by atoms with Crippen molar-refractivity contribution in [2.75, 3.05) is 19.5 Å². The fourth-order valence-corrected chi connectivity index (χ4v) is 3.63. The molecule has 3 rings (SSSR count). The van der Waals surface area contributed by atoms with Gasteiger partial charge in [-0.3, -0.25) is 0 Å². The molecule has 0 aromatic heterocycles. The molecular formula is C23H23ClINO3. The Labute approximate surface area is 190 Å². The molecule has 2 atom stereocenters. The van der Waals surface area contributed by atoms with Crippen LogP contribution in [0.15, 0.2) is 66.7 Å². The maximum Gasteiger partial charge on any atom is 0.161 e. The zero-order chi connectivity index (χ0) is 20.8. The monoisotopic (exact) mass is 523 g/mol. The van der Waals surface area contributed by atoms with Crippen LogP contribution in [0, 0.1) is 3.57 Å². The third-order valence-corrected chi connectivity index (χ3v) is 5.68. The summed E-state index contributed by atoms with van der Waals surface area (Å²) in [6, 6.07) is 21.2. The number of ether oxygens (including phenoxy) is 2. The van der Waals surface area contributed by atoms with E-state index in [4.69, 9.17) is 21.1 Å². The Morgan fingerprint density at radius 1 is 0.897 bits per heavy atom.